The smallest absolute Gasteiger partial charge is 0.230 e. The molecule has 70 valence electrons. The van der Waals surface area contributed by atoms with Crippen LogP contribution in [0.4, 0.5) is 5.13 Å². The second-order valence-electron chi connectivity index (χ2n) is 2.99. The maximum atomic E-state index is 11.4. The number of nitrogens with zero attached hydrogens (tertiary/aromatic N) is 3. The zero-order valence-electron chi connectivity index (χ0n) is 7.10. The highest BCUT2D eigenvalue weighted by Gasteiger charge is 2.30. The molecule has 1 unspecified atom stereocenters. The molecule has 1 aromatic heterocycles. The van der Waals surface area contributed by atoms with Crippen molar-refractivity contribution in [1.82, 2.24) is 9.36 Å². The van der Waals surface area contributed by atoms with Crippen LogP contribution in [-0.2, 0) is 4.79 Å². The summed E-state index contributed by atoms with van der Waals surface area (Å²) in [6.07, 6.45) is 0.502. The van der Waals surface area contributed by atoms with E-state index >= 15 is 0 Å². The lowest BCUT2D eigenvalue weighted by Crippen LogP contribution is -2.24. The third-order valence-corrected chi connectivity index (χ3v) is 3.03. The average molecular weight is 215 g/mol. The summed E-state index contributed by atoms with van der Waals surface area (Å²) in [5.74, 6) is 0.812. The number of amides is 1. The van der Waals surface area contributed by atoms with Crippen LogP contribution in [0.3, 0.4) is 0 Å². The van der Waals surface area contributed by atoms with Crippen LogP contribution in [-0.4, -0.2) is 27.1 Å². The van der Waals surface area contributed by atoms with Crippen molar-refractivity contribution in [3.8, 4) is 0 Å². The average Bonchev–Trinajstić information content (AvgIpc) is 2.58. The predicted octanol–water partition coefficient (Wildman–Crippen LogP) is 0.882. The maximum absolute atomic E-state index is 11.4. The van der Waals surface area contributed by atoms with Crippen molar-refractivity contribution < 1.29 is 4.79 Å². The van der Waals surface area contributed by atoms with Gasteiger partial charge in [0, 0.05) is 29.7 Å². The molecule has 0 N–H and O–H groups in total. The number of carbonyl (C=O) groups excluding carboxylic acids is 1. The largest absolute Gasteiger partial charge is 0.286 e. The lowest BCUT2D eigenvalue weighted by Gasteiger charge is -2.09. The number of carbonyl (C=O) groups is 1. The summed E-state index contributed by atoms with van der Waals surface area (Å²) in [4.78, 5) is 17.2. The Labute approximate surface area is 85.5 Å². The number of anilines is 1. The van der Waals surface area contributed by atoms with Crippen LogP contribution < -0.4 is 4.90 Å². The van der Waals surface area contributed by atoms with Gasteiger partial charge in [-0.2, -0.15) is 17.0 Å². The Hall–Kier alpha value is -0.620. The molecule has 0 aromatic carbocycles. The van der Waals surface area contributed by atoms with E-state index in [9.17, 15) is 4.79 Å². The van der Waals surface area contributed by atoms with Gasteiger partial charge in [0.05, 0.1) is 0 Å². The van der Waals surface area contributed by atoms with E-state index in [1.165, 1.54) is 11.5 Å². The SMILES string of the molecule is Cc1nsc(N2CC(S)CC2=O)n1. The molecule has 1 aliphatic heterocycles. The molecule has 0 aliphatic carbocycles. The topological polar surface area (TPSA) is 46.1 Å². The van der Waals surface area contributed by atoms with E-state index in [1.807, 2.05) is 6.92 Å². The van der Waals surface area contributed by atoms with Gasteiger partial charge in [0.2, 0.25) is 11.0 Å². The summed E-state index contributed by atoms with van der Waals surface area (Å²) < 4.78 is 4.03. The van der Waals surface area contributed by atoms with E-state index in [-0.39, 0.29) is 11.2 Å². The molecule has 1 amide bonds. The Bertz CT molecular complexity index is 338. The molecule has 1 aliphatic rings. The molecule has 1 fully saturated rings. The van der Waals surface area contributed by atoms with Crippen LogP contribution in [0.15, 0.2) is 0 Å². The fourth-order valence-corrected chi connectivity index (χ4v) is 2.29. The number of aryl methyl sites for hydroxylation is 1. The van der Waals surface area contributed by atoms with Gasteiger partial charge in [-0.15, -0.1) is 0 Å². The van der Waals surface area contributed by atoms with E-state index < -0.39 is 0 Å². The Morgan fingerprint density at radius 1 is 1.69 bits per heavy atom. The highest BCUT2D eigenvalue weighted by Crippen LogP contribution is 2.24. The minimum absolute atomic E-state index is 0.0937. The minimum Gasteiger partial charge on any atom is -0.286 e. The van der Waals surface area contributed by atoms with E-state index in [4.69, 9.17) is 0 Å². The quantitative estimate of drug-likeness (QED) is 0.707. The van der Waals surface area contributed by atoms with Gasteiger partial charge in [0.25, 0.3) is 0 Å². The van der Waals surface area contributed by atoms with Gasteiger partial charge in [0.15, 0.2) is 0 Å². The second-order valence-corrected chi connectivity index (χ2v) is 4.45. The van der Waals surface area contributed by atoms with Crippen molar-refractivity contribution in [3.63, 3.8) is 0 Å². The monoisotopic (exact) mass is 215 g/mol. The number of rotatable bonds is 1. The number of hydrogen-bond donors (Lipinski definition) is 1. The lowest BCUT2D eigenvalue weighted by atomic mass is 10.4. The van der Waals surface area contributed by atoms with Crippen molar-refractivity contribution in [2.75, 3.05) is 11.4 Å². The van der Waals surface area contributed by atoms with E-state index in [0.29, 0.717) is 18.1 Å². The molecule has 6 heteroatoms. The fraction of sp³-hybridized carbons (Fsp3) is 0.571. The van der Waals surface area contributed by atoms with Crippen molar-refractivity contribution in [2.45, 2.75) is 18.6 Å². The fourth-order valence-electron chi connectivity index (χ4n) is 1.27. The normalized spacial score (nSPS) is 22.8. The highest BCUT2D eigenvalue weighted by molar-refractivity contribution is 7.81. The van der Waals surface area contributed by atoms with Crippen LogP contribution in [0, 0.1) is 6.92 Å². The first-order valence-electron chi connectivity index (χ1n) is 3.95. The summed E-state index contributed by atoms with van der Waals surface area (Å²) in [6, 6.07) is 0. The van der Waals surface area contributed by atoms with Crippen LogP contribution in [0.1, 0.15) is 12.2 Å². The number of thiol groups is 1. The summed E-state index contributed by atoms with van der Waals surface area (Å²) in [5.41, 5.74) is 0. The van der Waals surface area contributed by atoms with E-state index in [1.54, 1.807) is 4.90 Å². The molecule has 2 heterocycles. The molecule has 4 nitrogen and oxygen atoms in total. The predicted molar refractivity (Wildman–Crippen MR) is 54.4 cm³/mol. The summed E-state index contributed by atoms with van der Waals surface area (Å²) in [7, 11) is 0. The summed E-state index contributed by atoms with van der Waals surface area (Å²) >= 11 is 5.52. The van der Waals surface area contributed by atoms with Crippen LogP contribution >= 0.6 is 24.2 Å². The molecule has 0 saturated carbocycles. The molecule has 1 saturated heterocycles. The number of hydrogen-bond acceptors (Lipinski definition) is 5. The summed E-state index contributed by atoms with van der Waals surface area (Å²) in [5, 5.41) is 0.829. The van der Waals surface area contributed by atoms with Crippen molar-refractivity contribution in [2.24, 2.45) is 0 Å². The summed E-state index contributed by atoms with van der Waals surface area (Å²) in [6.45, 7) is 2.47. The third kappa shape index (κ3) is 1.68. The molecule has 2 rings (SSSR count). The van der Waals surface area contributed by atoms with Crippen LogP contribution in [0.2, 0.25) is 0 Å². The number of aromatic nitrogens is 2. The maximum Gasteiger partial charge on any atom is 0.230 e. The lowest BCUT2D eigenvalue weighted by molar-refractivity contribution is -0.117. The Kier molecular flexibility index (Phi) is 2.25. The molecule has 1 aromatic rings. The first-order valence-corrected chi connectivity index (χ1v) is 5.24. The van der Waals surface area contributed by atoms with Crippen LogP contribution in [0.25, 0.3) is 0 Å². The van der Waals surface area contributed by atoms with Gasteiger partial charge >= 0.3 is 0 Å². The molecule has 0 bridgehead atoms. The zero-order valence-corrected chi connectivity index (χ0v) is 8.81. The van der Waals surface area contributed by atoms with Crippen molar-refractivity contribution >= 4 is 35.2 Å². The van der Waals surface area contributed by atoms with Gasteiger partial charge in [-0.05, 0) is 6.92 Å². The van der Waals surface area contributed by atoms with Gasteiger partial charge < -0.3 is 0 Å². The molecule has 0 spiro atoms. The molecule has 13 heavy (non-hydrogen) atoms. The Morgan fingerprint density at radius 3 is 2.92 bits per heavy atom. The first-order chi connectivity index (χ1) is 6.16. The third-order valence-electron chi connectivity index (χ3n) is 1.85. The molecule has 0 radical (unpaired) electrons. The molecular formula is C7H9N3OS2. The van der Waals surface area contributed by atoms with Gasteiger partial charge in [0.1, 0.15) is 5.82 Å². The van der Waals surface area contributed by atoms with Crippen LogP contribution in [0.5, 0.6) is 0 Å². The second kappa shape index (κ2) is 3.26. The van der Waals surface area contributed by atoms with Crippen molar-refractivity contribution in [3.05, 3.63) is 5.82 Å². The highest BCUT2D eigenvalue weighted by atomic mass is 32.1. The van der Waals surface area contributed by atoms with E-state index in [2.05, 4.69) is 22.0 Å². The molecule has 1 atom stereocenters. The van der Waals surface area contributed by atoms with Crippen molar-refractivity contribution in [1.29, 1.82) is 0 Å². The van der Waals surface area contributed by atoms with Gasteiger partial charge in [-0.3, -0.25) is 9.69 Å². The first kappa shape index (κ1) is 8.96. The molecular weight excluding hydrogens is 206 g/mol. The standard InChI is InChI=1S/C7H9N3OS2/c1-4-8-7(13-9-4)10-3-5(12)2-6(10)11/h5,12H,2-3H2,1H3. The zero-order chi connectivity index (χ0) is 9.42. The van der Waals surface area contributed by atoms with Gasteiger partial charge in [-0.1, -0.05) is 0 Å². The minimum atomic E-state index is 0.0937. The Balaban J connectivity index is 2.22. The van der Waals surface area contributed by atoms with E-state index in [0.717, 1.165) is 5.82 Å². The Morgan fingerprint density at radius 2 is 2.46 bits per heavy atom. The van der Waals surface area contributed by atoms with Gasteiger partial charge in [-0.25, -0.2) is 4.98 Å².